The van der Waals surface area contributed by atoms with E-state index in [0.717, 1.165) is 42.6 Å². The molecule has 1 atom stereocenters. The first-order valence-corrected chi connectivity index (χ1v) is 10.3. The summed E-state index contributed by atoms with van der Waals surface area (Å²) < 4.78 is 1.91. The van der Waals surface area contributed by atoms with Crippen molar-refractivity contribution in [1.29, 1.82) is 0 Å². The van der Waals surface area contributed by atoms with E-state index >= 15 is 0 Å². The van der Waals surface area contributed by atoms with Crippen LogP contribution in [0.15, 0.2) is 54.6 Å². The van der Waals surface area contributed by atoms with E-state index in [2.05, 4.69) is 48.4 Å². The van der Waals surface area contributed by atoms with E-state index in [0.29, 0.717) is 6.42 Å². The van der Waals surface area contributed by atoms with Gasteiger partial charge >= 0.3 is 5.97 Å². The second-order valence-corrected chi connectivity index (χ2v) is 7.82. The van der Waals surface area contributed by atoms with Crippen molar-refractivity contribution in [2.75, 3.05) is 0 Å². The van der Waals surface area contributed by atoms with Gasteiger partial charge in [-0.1, -0.05) is 54.6 Å². The summed E-state index contributed by atoms with van der Waals surface area (Å²) in [5, 5.41) is 14.1. The maximum absolute atomic E-state index is 11.7. The van der Waals surface area contributed by atoms with Crippen molar-refractivity contribution in [2.24, 2.45) is 13.0 Å². The van der Waals surface area contributed by atoms with Gasteiger partial charge in [-0.15, -0.1) is 0 Å². The third-order valence-corrected chi connectivity index (χ3v) is 5.74. The molecule has 0 aliphatic carbocycles. The number of nitrogens with zero attached hydrogens (tertiary/aromatic N) is 2. The topological polar surface area (TPSA) is 55.1 Å². The Morgan fingerprint density at radius 1 is 0.966 bits per heavy atom. The zero-order valence-electron chi connectivity index (χ0n) is 17.6. The van der Waals surface area contributed by atoms with Crippen LogP contribution in [-0.2, 0) is 24.7 Å². The maximum Gasteiger partial charge on any atom is 0.306 e. The number of benzene rings is 2. The molecule has 1 unspecified atom stereocenters. The van der Waals surface area contributed by atoms with Crippen molar-refractivity contribution in [2.45, 2.75) is 46.0 Å². The largest absolute Gasteiger partial charge is 0.481 e. The van der Waals surface area contributed by atoms with Gasteiger partial charge in [0, 0.05) is 18.3 Å². The van der Waals surface area contributed by atoms with E-state index in [1.807, 2.05) is 36.9 Å². The fraction of sp³-hybridized carbons (Fsp3) is 0.360. The second-order valence-electron chi connectivity index (χ2n) is 7.82. The zero-order chi connectivity index (χ0) is 20.8. The lowest BCUT2D eigenvalue weighted by atomic mass is 9.93. The van der Waals surface area contributed by atoms with Crippen LogP contribution in [0, 0.1) is 19.8 Å². The van der Waals surface area contributed by atoms with E-state index in [4.69, 9.17) is 0 Å². The highest BCUT2D eigenvalue weighted by Gasteiger charge is 2.17. The second kappa shape index (κ2) is 9.55. The molecular weight excluding hydrogens is 360 g/mol. The zero-order valence-corrected chi connectivity index (χ0v) is 17.6. The summed E-state index contributed by atoms with van der Waals surface area (Å²) in [4.78, 5) is 11.7. The molecule has 3 rings (SSSR count). The van der Waals surface area contributed by atoms with Gasteiger partial charge in [-0.25, -0.2) is 0 Å². The van der Waals surface area contributed by atoms with E-state index < -0.39 is 5.97 Å². The molecule has 0 bridgehead atoms. The van der Waals surface area contributed by atoms with Gasteiger partial charge in [0.25, 0.3) is 0 Å². The molecule has 3 aromatic rings. The minimum Gasteiger partial charge on any atom is -0.481 e. The summed E-state index contributed by atoms with van der Waals surface area (Å²) in [6.07, 6.45) is 4.01. The van der Waals surface area contributed by atoms with Crippen LogP contribution < -0.4 is 0 Å². The van der Waals surface area contributed by atoms with E-state index in [9.17, 15) is 9.90 Å². The highest BCUT2D eigenvalue weighted by atomic mass is 16.4. The van der Waals surface area contributed by atoms with Crippen LogP contribution in [0.1, 0.15) is 41.8 Å². The van der Waals surface area contributed by atoms with Gasteiger partial charge in [0.05, 0.1) is 11.6 Å². The Balaban J connectivity index is 1.56. The quantitative estimate of drug-likeness (QED) is 0.535. The van der Waals surface area contributed by atoms with Gasteiger partial charge in [0.2, 0.25) is 0 Å². The molecule has 0 radical (unpaired) electrons. The van der Waals surface area contributed by atoms with Crippen molar-refractivity contribution in [3.8, 4) is 11.1 Å². The first-order valence-electron chi connectivity index (χ1n) is 10.3. The molecule has 1 N–H and O–H groups in total. The lowest BCUT2D eigenvalue weighted by Gasteiger charge is -2.13. The Morgan fingerprint density at radius 2 is 1.62 bits per heavy atom. The molecule has 0 spiro atoms. The van der Waals surface area contributed by atoms with E-state index in [1.165, 1.54) is 16.7 Å². The molecule has 0 aliphatic heterocycles. The standard InChI is InChI=1S/C25H30N2O2/c1-18-24(19(2)27(3)26-18)22-15-12-21(13-16-22)14-17-23(25(28)29)11-7-10-20-8-5-4-6-9-20/h4-6,8-9,12-13,15-16,23H,7,10-11,14,17H2,1-3H3,(H,28,29). The summed E-state index contributed by atoms with van der Waals surface area (Å²) in [5.41, 5.74) is 6.98. The molecule has 4 heteroatoms. The van der Waals surface area contributed by atoms with Crippen LogP contribution >= 0.6 is 0 Å². The number of aryl methyl sites for hydroxylation is 4. The Morgan fingerprint density at radius 3 is 2.21 bits per heavy atom. The number of carboxylic acid groups (broad SMARTS) is 1. The van der Waals surface area contributed by atoms with Crippen LogP contribution in [0.2, 0.25) is 0 Å². The third-order valence-electron chi connectivity index (χ3n) is 5.74. The summed E-state index contributed by atoms with van der Waals surface area (Å²) >= 11 is 0. The number of aliphatic carboxylic acids is 1. The van der Waals surface area contributed by atoms with Gasteiger partial charge in [0.15, 0.2) is 0 Å². The molecule has 0 aliphatic rings. The molecule has 1 heterocycles. The predicted octanol–water partition coefficient (Wildman–Crippen LogP) is 5.36. The molecule has 0 saturated heterocycles. The summed E-state index contributed by atoms with van der Waals surface area (Å²) in [6.45, 7) is 4.11. The predicted molar refractivity (Wildman–Crippen MR) is 117 cm³/mol. The van der Waals surface area contributed by atoms with Crippen LogP contribution in [0.3, 0.4) is 0 Å². The summed E-state index contributed by atoms with van der Waals surface area (Å²) in [5.74, 6) is -0.975. The summed E-state index contributed by atoms with van der Waals surface area (Å²) in [6, 6.07) is 18.7. The van der Waals surface area contributed by atoms with Gasteiger partial charge in [-0.05, 0) is 62.6 Å². The minimum atomic E-state index is -0.684. The molecule has 2 aromatic carbocycles. The first-order chi connectivity index (χ1) is 14.0. The van der Waals surface area contributed by atoms with Crippen LogP contribution in [0.4, 0.5) is 0 Å². The number of hydrogen-bond acceptors (Lipinski definition) is 2. The highest BCUT2D eigenvalue weighted by molar-refractivity contribution is 5.70. The lowest BCUT2D eigenvalue weighted by molar-refractivity contribution is -0.142. The van der Waals surface area contributed by atoms with Crippen molar-refractivity contribution in [3.05, 3.63) is 77.1 Å². The maximum atomic E-state index is 11.7. The Labute approximate surface area is 173 Å². The Kier molecular flexibility index (Phi) is 6.86. The third kappa shape index (κ3) is 5.35. The smallest absolute Gasteiger partial charge is 0.306 e. The molecule has 0 amide bonds. The van der Waals surface area contributed by atoms with Crippen LogP contribution in [0.25, 0.3) is 11.1 Å². The number of carbonyl (C=O) groups is 1. The first kappa shape index (κ1) is 20.8. The van der Waals surface area contributed by atoms with Crippen molar-refractivity contribution >= 4 is 5.97 Å². The number of aromatic nitrogens is 2. The fourth-order valence-corrected chi connectivity index (χ4v) is 3.96. The average molecular weight is 391 g/mol. The van der Waals surface area contributed by atoms with E-state index in [1.54, 1.807) is 0 Å². The number of hydrogen-bond donors (Lipinski definition) is 1. The fourth-order valence-electron chi connectivity index (χ4n) is 3.96. The summed E-state index contributed by atoms with van der Waals surface area (Å²) in [7, 11) is 1.96. The lowest BCUT2D eigenvalue weighted by Crippen LogP contribution is -2.15. The Bertz CT molecular complexity index is 943. The molecule has 0 fully saturated rings. The minimum absolute atomic E-state index is 0.291. The molecule has 0 saturated carbocycles. The molecule has 4 nitrogen and oxygen atoms in total. The van der Waals surface area contributed by atoms with Crippen LogP contribution in [0.5, 0.6) is 0 Å². The average Bonchev–Trinajstić information content (AvgIpc) is 2.97. The monoisotopic (exact) mass is 390 g/mol. The molecule has 29 heavy (non-hydrogen) atoms. The SMILES string of the molecule is Cc1nn(C)c(C)c1-c1ccc(CCC(CCCc2ccccc2)C(=O)O)cc1. The van der Waals surface area contributed by atoms with Gasteiger partial charge in [-0.2, -0.15) is 5.10 Å². The van der Waals surface area contributed by atoms with Crippen molar-refractivity contribution in [1.82, 2.24) is 9.78 Å². The Hall–Kier alpha value is -2.88. The van der Waals surface area contributed by atoms with Gasteiger partial charge in [0.1, 0.15) is 0 Å². The number of rotatable bonds is 9. The normalized spacial score (nSPS) is 12.1. The molecule has 1 aromatic heterocycles. The van der Waals surface area contributed by atoms with Crippen molar-refractivity contribution in [3.63, 3.8) is 0 Å². The number of carboxylic acids is 1. The van der Waals surface area contributed by atoms with E-state index in [-0.39, 0.29) is 5.92 Å². The van der Waals surface area contributed by atoms with Gasteiger partial charge < -0.3 is 5.11 Å². The molecular formula is C25H30N2O2. The van der Waals surface area contributed by atoms with Gasteiger partial charge in [-0.3, -0.25) is 9.48 Å². The molecule has 152 valence electrons. The van der Waals surface area contributed by atoms with Crippen LogP contribution in [-0.4, -0.2) is 20.9 Å². The van der Waals surface area contributed by atoms with Crippen molar-refractivity contribution < 1.29 is 9.90 Å². The highest BCUT2D eigenvalue weighted by Crippen LogP contribution is 2.27.